The molecule has 6 heteroatoms. The molecule has 0 atom stereocenters. The fourth-order valence-corrected chi connectivity index (χ4v) is 2.83. The quantitative estimate of drug-likeness (QED) is 0.943. The lowest BCUT2D eigenvalue weighted by molar-refractivity contribution is 0.0697. The molecule has 2 rings (SSSR count). The number of carbonyl (C=O) groups excluding carboxylic acids is 1. The predicted molar refractivity (Wildman–Crippen MR) is 77.7 cm³/mol. The van der Waals surface area contributed by atoms with E-state index in [2.05, 4.69) is 4.98 Å². The van der Waals surface area contributed by atoms with Gasteiger partial charge in [-0.25, -0.2) is 9.78 Å². The maximum Gasteiger partial charge on any atom is 0.337 e. The summed E-state index contributed by atoms with van der Waals surface area (Å²) in [6.07, 6.45) is 0. The lowest BCUT2D eigenvalue weighted by Crippen LogP contribution is -2.27. The number of carboxylic acids is 1. The van der Waals surface area contributed by atoms with Crippen molar-refractivity contribution in [2.75, 3.05) is 11.9 Å². The largest absolute Gasteiger partial charge is 0.478 e. The van der Waals surface area contributed by atoms with Crippen LogP contribution < -0.4 is 4.90 Å². The van der Waals surface area contributed by atoms with Gasteiger partial charge >= 0.3 is 5.97 Å². The van der Waals surface area contributed by atoms with E-state index in [1.807, 2.05) is 6.92 Å². The van der Waals surface area contributed by atoms with Crippen molar-refractivity contribution in [3.05, 3.63) is 45.4 Å². The maximum atomic E-state index is 12.5. The Morgan fingerprint density at radius 1 is 1.25 bits per heavy atom. The Bertz CT molecular complexity index is 679. The molecule has 0 saturated heterocycles. The second-order valence-electron chi connectivity index (χ2n) is 4.33. The number of rotatable bonds is 3. The second-order valence-corrected chi connectivity index (χ2v) is 5.54. The van der Waals surface area contributed by atoms with Gasteiger partial charge in [-0.1, -0.05) is 12.1 Å². The average Bonchev–Trinajstić information content (AvgIpc) is 2.76. The van der Waals surface area contributed by atoms with Gasteiger partial charge in [0, 0.05) is 7.05 Å². The van der Waals surface area contributed by atoms with Crippen molar-refractivity contribution >= 4 is 28.9 Å². The van der Waals surface area contributed by atoms with Gasteiger partial charge in [-0.2, -0.15) is 0 Å². The van der Waals surface area contributed by atoms with Crippen LogP contribution in [0.2, 0.25) is 0 Å². The number of carboxylic acid groups (broad SMARTS) is 1. The normalized spacial score (nSPS) is 10.3. The first-order valence-corrected chi connectivity index (χ1v) is 6.78. The van der Waals surface area contributed by atoms with Crippen molar-refractivity contribution in [3.63, 3.8) is 0 Å². The van der Waals surface area contributed by atoms with E-state index < -0.39 is 5.97 Å². The Balaban J connectivity index is 2.41. The Labute approximate surface area is 120 Å². The number of hydrogen-bond donors (Lipinski definition) is 1. The van der Waals surface area contributed by atoms with E-state index in [9.17, 15) is 14.7 Å². The maximum absolute atomic E-state index is 12.5. The third-order valence-electron chi connectivity index (χ3n) is 2.90. The number of aromatic nitrogens is 1. The summed E-state index contributed by atoms with van der Waals surface area (Å²) in [5.74, 6) is -1.31. The minimum absolute atomic E-state index is 0.0993. The molecule has 0 unspecified atom stereocenters. The molecule has 0 bridgehead atoms. The van der Waals surface area contributed by atoms with Gasteiger partial charge in [0.05, 0.1) is 22.0 Å². The molecule has 0 aliphatic carbocycles. The Kier molecular flexibility index (Phi) is 3.85. The van der Waals surface area contributed by atoms with E-state index in [0.29, 0.717) is 16.3 Å². The molecule has 0 spiro atoms. The fraction of sp³-hybridized carbons (Fsp3) is 0.214. The highest BCUT2D eigenvalue weighted by molar-refractivity contribution is 7.13. The standard InChI is InChI=1S/C14H14N2O3S/c1-8-12(20-9(2)15-8)13(17)16(3)11-7-5-4-6-10(11)14(18)19/h4-7H,1-3H3,(H,18,19). The molecule has 2 aromatic rings. The molecule has 1 heterocycles. The molecular weight excluding hydrogens is 276 g/mol. The van der Waals surface area contributed by atoms with Crippen molar-refractivity contribution in [1.82, 2.24) is 4.98 Å². The lowest BCUT2D eigenvalue weighted by Gasteiger charge is -2.18. The highest BCUT2D eigenvalue weighted by Crippen LogP contribution is 2.24. The topological polar surface area (TPSA) is 70.5 Å². The van der Waals surface area contributed by atoms with Crippen LogP contribution in [0.5, 0.6) is 0 Å². The molecule has 0 aliphatic heterocycles. The summed E-state index contributed by atoms with van der Waals surface area (Å²) in [7, 11) is 1.57. The molecule has 20 heavy (non-hydrogen) atoms. The number of hydrogen-bond acceptors (Lipinski definition) is 4. The van der Waals surface area contributed by atoms with Gasteiger partial charge in [0.2, 0.25) is 0 Å². The zero-order valence-corrected chi connectivity index (χ0v) is 12.2. The van der Waals surface area contributed by atoms with Gasteiger partial charge in [-0.15, -0.1) is 11.3 Å². The summed E-state index contributed by atoms with van der Waals surface area (Å²) in [4.78, 5) is 29.8. The smallest absolute Gasteiger partial charge is 0.337 e. The van der Waals surface area contributed by atoms with Crippen molar-refractivity contribution in [2.45, 2.75) is 13.8 Å². The highest BCUT2D eigenvalue weighted by atomic mass is 32.1. The van der Waals surface area contributed by atoms with E-state index >= 15 is 0 Å². The number of aromatic carboxylic acids is 1. The number of carbonyl (C=O) groups is 2. The van der Waals surface area contributed by atoms with Crippen LogP contribution in [0.4, 0.5) is 5.69 Å². The van der Waals surface area contributed by atoms with Crippen molar-refractivity contribution in [3.8, 4) is 0 Å². The molecular formula is C14H14N2O3S. The van der Waals surface area contributed by atoms with Crippen LogP contribution in [0, 0.1) is 13.8 Å². The van der Waals surface area contributed by atoms with Crippen LogP contribution in [0.3, 0.4) is 0 Å². The van der Waals surface area contributed by atoms with Crippen LogP contribution in [-0.2, 0) is 0 Å². The third kappa shape index (κ3) is 2.55. The summed E-state index contributed by atoms with van der Waals surface area (Å²) >= 11 is 1.31. The summed E-state index contributed by atoms with van der Waals surface area (Å²) in [6, 6.07) is 6.43. The average molecular weight is 290 g/mol. The zero-order valence-electron chi connectivity index (χ0n) is 11.4. The molecule has 5 nitrogen and oxygen atoms in total. The van der Waals surface area contributed by atoms with Crippen LogP contribution in [-0.4, -0.2) is 29.0 Å². The van der Waals surface area contributed by atoms with Gasteiger partial charge in [0.1, 0.15) is 4.88 Å². The van der Waals surface area contributed by atoms with E-state index in [-0.39, 0.29) is 11.5 Å². The van der Waals surface area contributed by atoms with Crippen LogP contribution in [0.25, 0.3) is 0 Å². The summed E-state index contributed by atoms with van der Waals surface area (Å²) < 4.78 is 0. The van der Waals surface area contributed by atoms with E-state index in [1.54, 1.807) is 32.2 Å². The van der Waals surface area contributed by atoms with Crippen LogP contribution >= 0.6 is 11.3 Å². The number of nitrogens with zero attached hydrogens (tertiary/aromatic N) is 2. The first-order valence-electron chi connectivity index (χ1n) is 5.96. The van der Waals surface area contributed by atoms with Gasteiger partial charge in [0.15, 0.2) is 0 Å². The molecule has 1 aromatic carbocycles. The van der Waals surface area contributed by atoms with Crippen molar-refractivity contribution in [2.24, 2.45) is 0 Å². The monoisotopic (exact) mass is 290 g/mol. The first kappa shape index (κ1) is 14.2. The number of amides is 1. The summed E-state index contributed by atoms with van der Waals surface area (Å²) in [5, 5.41) is 9.99. The zero-order chi connectivity index (χ0) is 14.9. The lowest BCUT2D eigenvalue weighted by atomic mass is 10.1. The highest BCUT2D eigenvalue weighted by Gasteiger charge is 2.22. The first-order chi connectivity index (χ1) is 9.41. The molecule has 0 radical (unpaired) electrons. The SMILES string of the molecule is Cc1nc(C)c(C(=O)N(C)c2ccccc2C(=O)O)s1. The summed E-state index contributed by atoms with van der Waals surface area (Å²) in [5.41, 5.74) is 1.13. The molecule has 1 N–H and O–H groups in total. The van der Waals surface area contributed by atoms with Crippen LogP contribution in [0.15, 0.2) is 24.3 Å². The molecule has 104 valence electrons. The molecule has 0 saturated carbocycles. The minimum atomic E-state index is -1.06. The third-order valence-corrected chi connectivity index (χ3v) is 3.96. The molecule has 0 aliphatic rings. The van der Waals surface area contributed by atoms with Crippen LogP contribution in [0.1, 0.15) is 30.7 Å². The predicted octanol–water partition coefficient (Wildman–Crippen LogP) is 2.73. The molecule has 0 fully saturated rings. The second kappa shape index (κ2) is 5.42. The Morgan fingerprint density at radius 3 is 2.45 bits per heavy atom. The minimum Gasteiger partial charge on any atom is -0.478 e. The van der Waals surface area contributed by atoms with Crippen molar-refractivity contribution in [1.29, 1.82) is 0 Å². The number of benzene rings is 1. The van der Waals surface area contributed by atoms with Gasteiger partial charge in [0.25, 0.3) is 5.91 Å². The van der Waals surface area contributed by atoms with Gasteiger partial charge < -0.3 is 10.0 Å². The summed E-state index contributed by atoms with van der Waals surface area (Å²) in [6.45, 7) is 3.60. The Morgan fingerprint density at radius 2 is 1.90 bits per heavy atom. The molecule has 1 aromatic heterocycles. The number of aryl methyl sites for hydroxylation is 2. The number of thiazole rings is 1. The molecule has 1 amide bonds. The Hall–Kier alpha value is -2.21. The number of para-hydroxylation sites is 1. The van der Waals surface area contributed by atoms with Gasteiger partial charge in [-0.05, 0) is 26.0 Å². The number of anilines is 1. The van der Waals surface area contributed by atoms with E-state index in [1.165, 1.54) is 22.3 Å². The fourth-order valence-electron chi connectivity index (χ4n) is 1.94. The van der Waals surface area contributed by atoms with Gasteiger partial charge in [-0.3, -0.25) is 4.79 Å². The van der Waals surface area contributed by atoms with E-state index in [4.69, 9.17) is 0 Å². The van der Waals surface area contributed by atoms with E-state index in [0.717, 1.165) is 5.01 Å². The van der Waals surface area contributed by atoms with Crippen molar-refractivity contribution < 1.29 is 14.7 Å².